The highest BCUT2D eigenvalue weighted by Crippen LogP contribution is 2.36. The molecular weight excluding hydrogens is 446 g/mol. The van der Waals surface area contributed by atoms with Crippen molar-refractivity contribution < 1.29 is 20.1 Å². The molecule has 1 aliphatic heterocycles. The van der Waals surface area contributed by atoms with Crippen LogP contribution in [0.15, 0.2) is 42.5 Å². The van der Waals surface area contributed by atoms with Crippen molar-refractivity contribution in [3.63, 3.8) is 0 Å². The van der Waals surface area contributed by atoms with Crippen LogP contribution >= 0.6 is 11.8 Å². The molecule has 3 N–H and O–H groups in total. The van der Waals surface area contributed by atoms with E-state index in [9.17, 15) is 15.3 Å². The van der Waals surface area contributed by atoms with Gasteiger partial charge >= 0.3 is 0 Å². The van der Waals surface area contributed by atoms with E-state index in [-0.39, 0.29) is 0 Å². The molecule has 5 atom stereocenters. The molecule has 1 aliphatic rings. The Hall–Kier alpha value is -1.41. The molecule has 1 heterocycles. The van der Waals surface area contributed by atoms with Gasteiger partial charge in [0.15, 0.2) is 0 Å². The Morgan fingerprint density at radius 3 is 2.21 bits per heavy atom. The summed E-state index contributed by atoms with van der Waals surface area (Å²) in [4.78, 5) is 2.47. The molecule has 0 aromatic heterocycles. The number of hydrogen-bond donors (Lipinski definition) is 3. The molecule has 2 aromatic carbocycles. The van der Waals surface area contributed by atoms with Gasteiger partial charge in [-0.25, -0.2) is 0 Å². The van der Waals surface area contributed by atoms with Crippen LogP contribution in [0, 0.1) is 6.92 Å². The molecule has 1 saturated heterocycles. The molecule has 0 amide bonds. The van der Waals surface area contributed by atoms with Crippen LogP contribution in [0.5, 0.6) is 0 Å². The van der Waals surface area contributed by atoms with Crippen molar-refractivity contribution in [2.45, 2.75) is 76.3 Å². The minimum atomic E-state index is -1.24. The van der Waals surface area contributed by atoms with Gasteiger partial charge in [-0.15, -0.1) is 11.8 Å². The quantitative estimate of drug-likeness (QED) is 0.415. The molecule has 6 heteroatoms. The summed E-state index contributed by atoms with van der Waals surface area (Å²) in [5.74, 6) is 0. The van der Waals surface area contributed by atoms with Gasteiger partial charge in [0, 0.05) is 0 Å². The first-order valence-corrected chi connectivity index (χ1v) is 13.8. The van der Waals surface area contributed by atoms with Crippen molar-refractivity contribution in [1.29, 1.82) is 0 Å². The van der Waals surface area contributed by atoms with Crippen LogP contribution in [-0.4, -0.2) is 69.9 Å². The fraction of sp³-hybridized carbons (Fsp3) is 0.571. The van der Waals surface area contributed by atoms with Crippen molar-refractivity contribution >= 4 is 11.8 Å². The first kappa shape index (κ1) is 27.2. The third-order valence-electron chi connectivity index (χ3n) is 7.01. The Bertz CT molecular complexity index is 884. The van der Waals surface area contributed by atoms with Crippen LogP contribution < -0.4 is 0 Å². The molecule has 0 bridgehead atoms. The second kappa shape index (κ2) is 13.1. The molecule has 0 aliphatic carbocycles. The van der Waals surface area contributed by atoms with Gasteiger partial charge in [0.2, 0.25) is 0 Å². The van der Waals surface area contributed by atoms with Gasteiger partial charge in [0.25, 0.3) is 0 Å². The Morgan fingerprint density at radius 1 is 0.882 bits per heavy atom. The molecule has 1 fully saturated rings. The minimum absolute atomic E-state index is 0.576. The number of nitrogens with zero attached hydrogens (tertiary/aromatic N) is 1. The SMILES string of the molecule is CCN(CC)CCCCc1ccc(Cc2cc([C@@H]3O[C@H](SC)[C@@H](O)[C@H](O)[C@H]3O)ccc2C)cc1. The van der Waals surface area contributed by atoms with Gasteiger partial charge < -0.3 is 25.0 Å². The molecule has 188 valence electrons. The summed E-state index contributed by atoms with van der Waals surface area (Å²) in [6.45, 7) is 9.95. The molecule has 0 saturated carbocycles. The lowest BCUT2D eigenvalue weighted by Crippen LogP contribution is -2.52. The molecular formula is C28H41NO4S. The van der Waals surface area contributed by atoms with Gasteiger partial charge in [-0.2, -0.15) is 0 Å². The van der Waals surface area contributed by atoms with Crippen LogP contribution in [0.25, 0.3) is 0 Å². The zero-order chi connectivity index (χ0) is 24.7. The number of ether oxygens (including phenoxy) is 1. The molecule has 34 heavy (non-hydrogen) atoms. The third kappa shape index (κ3) is 6.84. The summed E-state index contributed by atoms with van der Waals surface area (Å²) in [6, 6.07) is 14.9. The summed E-state index contributed by atoms with van der Waals surface area (Å²) in [7, 11) is 0. The van der Waals surface area contributed by atoms with Crippen molar-refractivity contribution in [3.05, 3.63) is 70.3 Å². The van der Waals surface area contributed by atoms with Crippen molar-refractivity contribution in [2.75, 3.05) is 25.9 Å². The van der Waals surface area contributed by atoms with E-state index in [1.165, 1.54) is 53.4 Å². The number of aliphatic hydroxyl groups is 3. The average Bonchev–Trinajstić information content (AvgIpc) is 2.85. The molecule has 0 radical (unpaired) electrons. The number of rotatable bonds is 11. The lowest BCUT2D eigenvalue weighted by atomic mass is 9.91. The maximum absolute atomic E-state index is 10.6. The Kier molecular flexibility index (Phi) is 10.4. The van der Waals surface area contributed by atoms with Gasteiger partial charge in [0.05, 0.1) is 0 Å². The van der Waals surface area contributed by atoms with Crippen LogP contribution in [0.1, 0.15) is 60.6 Å². The number of thioether (sulfide) groups is 1. The zero-order valence-corrected chi connectivity index (χ0v) is 21.8. The largest absolute Gasteiger partial charge is 0.387 e. The van der Waals surface area contributed by atoms with Crippen molar-refractivity contribution in [3.8, 4) is 0 Å². The Balaban J connectivity index is 1.63. The average molecular weight is 488 g/mol. The van der Waals surface area contributed by atoms with Gasteiger partial charge in [-0.3, -0.25) is 0 Å². The van der Waals surface area contributed by atoms with Crippen LogP contribution in [-0.2, 0) is 17.6 Å². The van der Waals surface area contributed by atoms with Crippen LogP contribution in [0.2, 0.25) is 0 Å². The summed E-state index contributed by atoms with van der Waals surface area (Å²) in [6.07, 6.45) is 1.97. The monoisotopic (exact) mass is 487 g/mol. The topological polar surface area (TPSA) is 73.2 Å². The van der Waals surface area contributed by atoms with Crippen molar-refractivity contribution in [2.24, 2.45) is 0 Å². The minimum Gasteiger partial charge on any atom is -0.387 e. The number of unbranched alkanes of at least 4 members (excludes halogenated alkanes) is 1. The van der Waals surface area contributed by atoms with Crippen LogP contribution in [0.4, 0.5) is 0 Å². The fourth-order valence-electron chi connectivity index (χ4n) is 4.63. The molecule has 0 spiro atoms. The fourth-order valence-corrected chi connectivity index (χ4v) is 5.30. The summed E-state index contributed by atoms with van der Waals surface area (Å²) < 4.78 is 5.95. The molecule has 2 aromatic rings. The van der Waals surface area contributed by atoms with Gasteiger partial charge in [-0.1, -0.05) is 56.3 Å². The van der Waals surface area contributed by atoms with E-state index in [0.29, 0.717) is 0 Å². The summed E-state index contributed by atoms with van der Waals surface area (Å²) in [5.41, 5.74) is 5.21. The molecule has 5 nitrogen and oxygen atoms in total. The first-order chi connectivity index (χ1) is 16.4. The Morgan fingerprint density at radius 2 is 1.56 bits per heavy atom. The number of aryl methyl sites for hydroxylation is 2. The van der Waals surface area contributed by atoms with Crippen molar-refractivity contribution in [1.82, 2.24) is 4.90 Å². The highest BCUT2D eigenvalue weighted by Gasteiger charge is 2.44. The van der Waals surface area contributed by atoms with E-state index in [1.807, 2.05) is 18.4 Å². The van der Waals surface area contributed by atoms with E-state index in [2.05, 4.69) is 56.0 Å². The van der Waals surface area contributed by atoms with E-state index >= 15 is 0 Å². The second-order valence-electron chi connectivity index (χ2n) is 9.30. The number of aliphatic hydroxyl groups excluding tert-OH is 3. The van der Waals surface area contributed by atoms with Gasteiger partial charge in [0.1, 0.15) is 29.9 Å². The second-order valence-corrected chi connectivity index (χ2v) is 10.2. The highest BCUT2D eigenvalue weighted by atomic mass is 32.2. The van der Waals surface area contributed by atoms with E-state index in [0.717, 1.165) is 31.5 Å². The summed E-state index contributed by atoms with van der Waals surface area (Å²) >= 11 is 1.33. The van der Waals surface area contributed by atoms with E-state index < -0.39 is 29.9 Å². The predicted octanol–water partition coefficient (Wildman–Crippen LogP) is 4.09. The number of hydrogen-bond acceptors (Lipinski definition) is 6. The first-order valence-electron chi connectivity index (χ1n) is 12.5. The summed E-state index contributed by atoms with van der Waals surface area (Å²) in [5, 5.41) is 31.0. The standard InChI is InChI=1S/C28H41NO4S/c1-5-29(6-2)16-8-7-9-20-11-13-21(14-12-20)17-23-18-22(15-10-19(23)3)27-25(31)24(30)26(32)28(33-27)34-4/h10-15,18,24-28,30-32H,5-9,16-17H2,1-4H3/t24-,25-,26+,27+,28-/m1/s1. The maximum Gasteiger partial charge on any atom is 0.132 e. The normalized spacial score (nSPS) is 25.1. The number of benzene rings is 2. The molecule has 3 rings (SSSR count). The van der Waals surface area contributed by atoms with E-state index in [4.69, 9.17) is 4.74 Å². The zero-order valence-electron chi connectivity index (χ0n) is 21.0. The lowest BCUT2D eigenvalue weighted by molar-refractivity contribution is -0.200. The maximum atomic E-state index is 10.6. The molecule has 0 unspecified atom stereocenters. The Labute approximate surface area is 209 Å². The van der Waals surface area contributed by atoms with Crippen LogP contribution in [0.3, 0.4) is 0 Å². The smallest absolute Gasteiger partial charge is 0.132 e. The highest BCUT2D eigenvalue weighted by molar-refractivity contribution is 7.99. The predicted molar refractivity (Wildman–Crippen MR) is 140 cm³/mol. The van der Waals surface area contributed by atoms with Gasteiger partial charge in [-0.05, 0) is 86.3 Å². The lowest BCUT2D eigenvalue weighted by Gasteiger charge is -2.40. The van der Waals surface area contributed by atoms with E-state index in [1.54, 1.807) is 0 Å². The third-order valence-corrected chi connectivity index (χ3v) is 7.86.